The van der Waals surface area contributed by atoms with Crippen LogP contribution in [0, 0.1) is 22.7 Å². The number of rotatable bonds is 2. The van der Waals surface area contributed by atoms with Crippen molar-refractivity contribution in [2.75, 3.05) is 13.1 Å². The first-order valence-corrected chi connectivity index (χ1v) is 6.14. The Morgan fingerprint density at radius 3 is 2.13 bits per heavy atom. The molecule has 0 radical (unpaired) electrons. The highest BCUT2D eigenvalue weighted by Gasteiger charge is 2.62. The second-order valence-electron chi connectivity index (χ2n) is 7.23. The van der Waals surface area contributed by atoms with Gasteiger partial charge in [0, 0.05) is 13.1 Å². The molecule has 0 spiro atoms. The Hall–Kier alpha value is -0.0800. The normalized spacial score (nSPS) is 36.4. The molecule has 0 bridgehead atoms. The minimum Gasteiger partial charge on any atom is -0.378 e. The third-order valence-electron chi connectivity index (χ3n) is 4.37. The van der Waals surface area contributed by atoms with Gasteiger partial charge in [-0.05, 0) is 29.1 Å². The van der Waals surface area contributed by atoms with E-state index in [4.69, 9.17) is 0 Å². The zero-order chi connectivity index (χ0) is 11.4. The summed E-state index contributed by atoms with van der Waals surface area (Å²) in [5, 5.41) is 10.1. The molecule has 2 nitrogen and oxygen atoms in total. The molecule has 2 rings (SSSR count). The number of piperidine rings is 1. The molecule has 0 aromatic rings. The van der Waals surface area contributed by atoms with Crippen LogP contribution in [0.15, 0.2) is 0 Å². The van der Waals surface area contributed by atoms with Gasteiger partial charge in [0.05, 0.1) is 0 Å². The van der Waals surface area contributed by atoms with E-state index in [1.54, 1.807) is 0 Å². The first kappa shape index (κ1) is 11.4. The first-order valence-electron chi connectivity index (χ1n) is 6.14. The van der Waals surface area contributed by atoms with Gasteiger partial charge in [-0.25, -0.2) is 0 Å². The van der Waals surface area contributed by atoms with Gasteiger partial charge in [0.15, 0.2) is 0 Å². The van der Waals surface area contributed by atoms with E-state index in [0.717, 1.165) is 31.3 Å². The van der Waals surface area contributed by atoms with Gasteiger partial charge in [-0.1, -0.05) is 34.6 Å². The van der Waals surface area contributed by atoms with Gasteiger partial charge >= 0.3 is 0 Å². The third kappa shape index (κ3) is 2.07. The zero-order valence-corrected chi connectivity index (χ0v) is 10.7. The van der Waals surface area contributed by atoms with E-state index in [-0.39, 0.29) is 11.6 Å². The largest absolute Gasteiger partial charge is 0.378 e. The Morgan fingerprint density at radius 2 is 1.73 bits per heavy atom. The Balaban J connectivity index is 1.84. The topological polar surface area (TPSA) is 23.5 Å². The Kier molecular flexibility index (Phi) is 2.44. The lowest BCUT2D eigenvalue weighted by atomic mass is 9.91. The maximum Gasteiger partial charge on any atom is 0.107 e. The SMILES string of the molecule is CC(C)(C)CC(O)N1C[C@@H]2[C@H](C1)C2(C)C. The molecule has 1 aliphatic heterocycles. The highest BCUT2D eigenvalue weighted by molar-refractivity contribution is 5.11. The molecular formula is C13H25NO. The second-order valence-corrected chi connectivity index (χ2v) is 7.23. The van der Waals surface area contributed by atoms with Gasteiger partial charge < -0.3 is 5.11 Å². The number of hydrogen-bond acceptors (Lipinski definition) is 2. The molecule has 1 heterocycles. The number of aliphatic hydroxyl groups excluding tert-OH is 1. The van der Waals surface area contributed by atoms with E-state index in [1.807, 2.05) is 0 Å². The van der Waals surface area contributed by atoms with Crippen molar-refractivity contribution in [2.45, 2.75) is 47.3 Å². The van der Waals surface area contributed by atoms with Crippen LogP contribution in [0.5, 0.6) is 0 Å². The highest BCUT2D eigenvalue weighted by atomic mass is 16.3. The lowest BCUT2D eigenvalue weighted by molar-refractivity contribution is -0.0212. The molecule has 88 valence electrons. The van der Waals surface area contributed by atoms with Crippen LogP contribution in [-0.4, -0.2) is 29.3 Å². The molecule has 2 heteroatoms. The maximum atomic E-state index is 10.1. The lowest BCUT2D eigenvalue weighted by Gasteiger charge is -2.31. The van der Waals surface area contributed by atoms with Crippen LogP contribution in [0.25, 0.3) is 0 Å². The van der Waals surface area contributed by atoms with Crippen LogP contribution in [0.4, 0.5) is 0 Å². The van der Waals surface area contributed by atoms with Crippen molar-refractivity contribution >= 4 is 0 Å². The summed E-state index contributed by atoms with van der Waals surface area (Å²) in [6, 6.07) is 0. The predicted octanol–water partition coefficient (Wildman–Crippen LogP) is 2.33. The van der Waals surface area contributed by atoms with Crippen molar-refractivity contribution in [3.63, 3.8) is 0 Å². The summed E-state index contributed by atoms with van der Waals surface area (Å²) >= 11 is 0. The quantitative estimate of drug-likeness (QED) is 0.758. The molecule has 0 aromatic heterocycles. The molecule has 1 saturated heterocycles. The highest BCUT2D eigenvalue weighted by Crippen LogP contribution is 2.62. The Bertz CT molecular complexity index is 240. The van der Waals surface area contributed by atoms with Gasteiger partial charge in [0.2, 0.25) is 0 Å². The first-order chi connectivity index (χ1) is 6.72. The number of nitrogens with zero attached hydrogens (tertiary/aromatic N) is 1. The van der Waals surface area contributed by atoms with Crippen LogP contribution in [-0.2, 0) is 0 Å². The number of hydrogen-bond donors (Lipinski definition) is 1. The molecule has 0 amide bonds. The molecule has 3 atom stereocenters. The van der Waals surface area contributed by atoms with Gasteiger partial charge in [0.25, 0.3) is 0 Å². The monoisotopic (exact) mass is 211 g/mol. The third-order valence-corrected chi connectivity index (χ3v) is 4.37. The molecular weight excluding hydrogens is 186 g/mol. The van der Waals surface area contributed by atoms with Crippen molar-refractivity contribution in [2.24, 2.45) is 22.7 Å². The van der Waals surface area contributed by atoms with Gasteiger partial charge in [-0.15, -0.1) is 0 Å². The summed E-state index contributed by atoms with van der Waals surface area (Å²) in [7, 11) is 0. The standard InChI is InChI=1S/C13H25NO/c1-12(2,3)6-11(15)14-7-9-10(8-14)13(9,4)5/h9-11,15H,6-8H2,1-5H3/t9-,10+,11?. The summed E-state index contributed by atoms with van der Waals surface area (Å²) < 4.78 is 0. The van der Waals surface area contributed by atoms with Crippen molar-refractivity contribution in [3.05, 3.63) is 0 Å². The molecule has 15 heavy (non-hydrogen) atoms. The van der Waals surface area contributed by atoms with E-state index < -0.39 is 0 Å². The van der Waals surface area contributed by atoms with E-state index in [0.29, 0.717) is 5.41 Å². The number of likely N-dealkylation sites (tertiary alicyclic amines) is 1. The Labute approximate surface area is 93.7 Å². The molecule has 1 N–H and O–H groups in total. The van der Waals surface area contributed by atoms with E-state index in [1.165, 1.54) is 0 Å². The predicted molar refractivity (Wildman–Crippen MR) is 62.4 cm³/mol. The summed E-state index contributed by atoms with van der Waals surface area (Å²) in [5.41, 5.74) is 0.777. The second kappa shape index (κ2) is 3.21. The van der Waals surface area contributed by atoms with Crippen LogP contribution in [0.1, 0.15) is 41.0 Å². The van der Waals surface area contributed by atoms with Crippen molar-refractivity contribution in [1.29, 1.82) is 0 Å². The molecule has 1 saturated carbocycles. The summed E-state index contributed by atoms with van der Waals surface area (Å²) in [4.78, 5) is 2.27. The average molecular weight is 211 g/mol. The Morgan fingerprint density at radius 1 is 1.27 bits per heavy atom. The summed E-state index contributed by atoms with van der Waals surface area (Å²) in [5.74, 6) is 1.68. The van der Waals surface area contributed by atoms with Crippen LogP contribution < -0.4 is 0 Å². The molecule has 2 aliphatic rings. The van der Waals surface area contributed by atoms with E-state index in [2.05, 4.69) is 39.5 Å². The number of fused-ring (bicyclic) bond motifs is 1. The van der Waals surface area contributed by atoms with Gasteiger partial charge in [-0.3, -0.25) is 4.90 Å². The fourth-order valence-corrected chi connectivity index (χ4v) is 3.08. The molecule has 2 fully saturated rings. The molecule has 0 aromatic carbocycles. The summed E-state index contributed by atoms with van der Waals surface area (Å²) in [6.45, 7) is 13.5. The van der Waals surface area contributed by atoms with Crippen molar-refractivity contribution in [3.8, 4) is 0 Å². The fraction of sp³-hybridized carbons (Fsp3) is 1.00. The fourth-order valence-electron chi connectivity index (χ4n) is 3.08. The minimum absolute atomic E-state index is 0.224. The van der Waals surface area contributed by atoms with Crippen LogP contribution in [0.2, 0.25) is 0 Å². The van der Waals surface area contributed by atoms with Crippen LogP contribution in [0.3, 0.4) is 0 Å². The maximum absolute atomic E-state index is 10.1. The van der Waals surface area contributed by atoms with Gasteiger partial charge in [0.1, 0.15) is 6.23 Å². The molecule has 1 aliphatic carbocycles. The van der Waals surface area contributed by atoms with E-state index >= 15 is 0 Å². The minimum atomic E-state index is -0.228. The van der Waals surface area contributed by atoms with Gasteiger partial charge in [-0.2, -0.15) is 0 Å². The van der Waals surface area contributed by atoms with Crippen molar-refractivity contribution < 1.29 is 5.11 Å². The molecule has 1 unspecified atom stereocenters. The van der Waals surface area contributed by atoms with Crippen LogP contribution >= 0.6 is 0 Å². The van der Waals surface area contributed by atoms with E-state index in [9.17, 15) is 5.11 Å². The zero-order valence-electron chi connectivity index (χ0n) is 10.7. The smallest absolute Gasteiger partial charge is 0.107 e. The van der Waals surface area contributed by atoms with Crippen molar-refractivity contribution in [1.82, 2.24) is 4.90 Å². The number of aliphatic hydroxyl groups is 1. The average Bonchev–Trinajstić information content (AvgIpc) is 2.47. The summed E-state index contributed by atoms with van der Waals surface area (Å²) in [6.07, 6.45) is 0.654. The lowest BCUT2D eigenvalue weighted by Crippen LogP contribution is -2.38.